The van der Waals surface area contributed by atoms with Crippen molar-refractivity contribution in [3.8, 4) is 0 Å². The summed E-state index contributed by atoms with van der Waals surface area (Å²) in [6, 6.07) is 0. The second-order valence-electron chi connectivity index (χ2n) is 2.98. The Morgan fingerprint density at radius 2 is 2.18 bits per heavy atom. The molecule has 0 aliphatic heterocycles. The van der Waals surface area contributed by atoms with Crippen molar-refractivity contribution in [1.29, 1.82) is 0 Å². The van der Waals surface area contributed by atoms with Gasteiger partial charge in [-0.05, 0) is 12.3 Å². The van der Waals surface area contributed by atoms with E-state index in [0.717, 1.165) is 0 Å². The Hall–Kier alpha value is -0.630. The summed E-state index contributed by atoms with van der Waals surface area (Å²) >= 11 is 0. The van der Waals surface area contributed by atoms with Crippen molar-refractivity contribution in [3.63, 3.8) is 0 Å². The van der Waals surface area contributed by atoms with Crippen molar-refractivity contribution in [2.75, 3.05) is 0 Å². The zero-order chi connectivity index (χ0) is 8.85. The zero-order valence-corrected chi connectivity index (χ0v) is 7.21. The van der Waals surface area contributed by atoms with E-state index in [0.29, 0.717) is 12.8 Å². The first-order valence-corrected chi connectivity index (χ1v) is 3.91. The molecule has 2 nitrogen and oxygen atoms in total. The van der Waals surface area contributed by atoms with Gasteiger partial charge in [0.05, 0.1) is 0 Å². The average molecular weight is 156 g/mol. The van der Waals surface area contributed by atoms with Gasteiger partial charge in [0.15, 0.2) is 5.78 Å². The molecule has 0 fully saturated rings. The third-order valence-electron chi connectivity index (χ3n) is 1.56. The summed E-state index contributed by atoms with van der Waals surface area (Å²) in [5.74, 6) is -0.0628. The van der Waals surface area contributed by atoms with Crippen LogP contribution in [0.1, 0.15) is 26.7 Å². The van der Waals surface area contributed by atoms with Crippen LogP contribution in [0, 0.1) is 5.92 Å². The molecule has 0 rings (SSSR count). The molecule has 0 aliphatic carbocycles. The SMILES string of the molecule is C=CCCC(=O)C(O)C(C)C. The number of hydrogen-bond acceptors (Lipinski definition) is 2. The fraction of sp³-hybridized carbons (Fsp3) is 0.667. The summed E-state index contributed by atoms with van der Waals surface area (Å²) in [7, 11) is 0. The van der Waals surface area contributed by atoms with Crippen LogP contribution in [0.4, 0.5) is 0 Å². The molecule has 0 bridgehead atoms. The van der Waals surface area contributed by atoms with Crippen LogP contribution in [0.5, 0.6) is 0 Å². The predicted molar refractivity (Wildman–Crippen MR) is 45.3 cm³/mol. The third kappa shape index (κ3) is 3.94. The highest BCUT2D eigenvalue weighted by atomic mass is 16.3. The summed E-state index contributed by atoms with van der Waals surface area (Å²) in [5, 5.41) is 9.24. The highest BCUT2D eigenvalue weighted by molar-refractivity contribution is 5.83. The number of aliphatic hydroxyl groups is 1. The average Bonchev–Trinajstić information content (AvgIpc) is 1.98. The highest BCUT2D eigenvalue weighted by Crippen LogP contribution is 2.05. The largest absolute Gasteiger partial charge is 0.385 e. The van der Waals surface area contributed by atoms with Crippen molar-refractivity contribution >= 4 is 5.78 Å². The normalized spacial score (nSPS) is 13.1. The summed E-state index contributed by atoms with van der Waals surface area (Å²) in [4.78, 5) is 11.0. The first-order chi connectivity index (χ1) is 5.09. The number of carbonyl (C=O) groups is 1. The van der Waals surface area contributed by atoms with Crippen LogP contribution in [0.15, 0.2) is 12.7 Å². The van der Waals surface area contributed by atoms with Gasteiger partial charge in [0.1, 0.15) is 6.10 Å². The lowest BCUT2D eigenvalue weighted by Gasteiger charge is -2.11. The molecular formula is C9H16O2. The Labute approximate surface area is 67.9 Å². The lowest BCUT2D eigenvalue weighted by atomic mass is 10.0. The maximum atomic E-state index is 11.0. The topological polar surface area (TPSA) is 37.3 Å². The molecule has 0 spiro atoms. The molecule has 0 amide bonds. The fourth-order valence-corrected chi connectivity index (χ4v) is 0.764. The molecule has 0 saturated carbocycles. The van der Waals surface area contributed by atoms with E-state index in [1.165, 1.54) is 0 Å². The minimum Gasteiger partial charge on any atom is -0.385 e. The Balaban J connectivity index is 3.73. The van der Waals surface area contributed by atoms with Crippen LogP contribution in [0.2, 0.25) is 0 Å². The smallest absolute Gasteiger partial charge is 0.161 e. The van der Waals surface area contributed by atoms with Crippen molar-refractivity contribution in [2.24, 2.45) is 5.92 Å². The Morgan fingerprint density at radius 3 is 2.55 bits per heavy atom. The van der Waals surface area contributed by atoms with Crippen LogP contribution < -0.4 is 0 Å². The van der Waals surface area contributed by atoms with E-state index in [1.54, 1.807) is 6.08 Å². The van der Waals surface area contributed by atoms with Gasteiger partial charge in [-0.3, -0.25) is 4.79 Å². The van der Waals surface area contributed by atoms with Crippen molar-refractivity contribution in [2.45, 2.75) is 32.8 Å². The monoisotopic (exact) mass is 156 g/mol. The molecule has 0 aromatic rings. The van der Waals surface area contributed by atoms with Gasteiger partial charge in [-0.2, -0.15) is 0 Å². The second-order valence-corrected chi connectivity index (χ2v) is 2.98. The molecule has 0 radical (unpaired) electrons. The summed E-state index contributed by atoms with van der Waals surface area (Å²) in [6.07, 6.45) is 1.95. The van der Waals surface area contributed by atoms with E-state index in [1.807, 2.05) is 13.8 Å². The maximum Gasteiger partial charge on any atom is 0.161 e. The van der Waals surface area contributed by atoms with E-state index >= 15 is 0 Å². The molecule has 2 heteroatoms. The Bertz CT molecular complexity index is 138. The molecule has 0 aromatic heterocycles. The summed E-state index contributed by atoms with van der Waals surface area (Å²) in [6.45, 7) is 7.16. The van der Waals surface area contributed by atoms with Gasteiger partial charge in [-0.15, -0.1) is 6.58 Å². The minimum atomic E-state index is -0.796. The molecular weight excluding hydrogens is 140 g/mol. The Morgan fingerprint density at radius 1 is 1.64 bits per heavy atom. The maximum absolute atomic E-state index is 11.0. The van der Waals surface area contributed by atoms with Crippen LogP contribution in [0.3, 0.4) is 0 Å². The summed E-state index contributed by atoms with van der Waals surface area (Å²) < 4.78 is 0. The zero-order valence-electron chi connectivity index (χ0n) is 7.21. The number of ketones is 1. The molecule has 1 N–H and O–H groups in total. The van der Waals surface area contributed by atoms with Crippen molar-refractivity contribution in [1.82, 2.24) is 0 Å². The predicted octanol–water partition coefficient (Wildman–Crippen LogP) is 1.54. The van der Waals surface area contributed by atoms with Gasteiger partial charge in [0.2, 0.25) is 0 Å². The van der Waals surface area contributed by atoms with E-state index in [4.69, 9.17) is 0 Å². The number of Topliss-reactive ketones (excluding diaryl/α,β-unsaturated/α-hetero) is 1. The number of allylic oxidation sites excluding steroid dienone is 1. The van der Waals surface area contributed by atoms with Crippen LogP contribution in [-0.4, -0.2) is 17.0 Å². The summed E-state index contributed by atoms with van der Waals surface area (Å²) in [5.41, 5.74) is 0. The molecule has 0 saturated heterocycles. The second kappa shape index (κ2) is 5.08. The lowest BCUT2D eigenvalue weighted by molar-refractivity contribution is -0.129. The number of carbonyl (C=O) groups excluding carboxylic acids is 1. The number of aliphatic hydroxyl groups excluding tert-OH is 1. The van der Waals surface area contributed by atoms with Gasteiger partial charge in [0, 0.05) is 6.42 Å². The minimum absolute atomic E-state index is 0.0207. The van der Waals surface area contributed by atoms with Gasteiger partial charge < -0.3 is 5.11 Å². The molecule has 1 unspecified atom stereocenters. The molecule has 1 atom stereocenters. The van der Waals surface area contributed by atoms with E-state index in [2.05, 4.69) is 6.58 Å². The molecule has 0 aromatic carbocycles. The van der Waals surface area contributed by atoms with E-state index in [9.17, 15) is 9.90 Å². The number of rotatable bonds is 5. The van der Waals surface area contributed by atoms with Gasteiger partial charge in [0.25, 0.3) is 0 Å². The van der Waals surface area contributed by atoms with Crippen LogP contribution >= 0.6 is 0 Å². The van der Waals surface area contributed by atoms with Gasteiger partial charge in [-0.25, -0.2) is 0 Å². The Kier molecular flexibility index (Phi) is 4.79. The first kappa shape index (κ1) is 10.4. The van der Waals surface area contributed by atoms with Gasteiger partial charge >= 0.3 is 0 Å². The lowest BCUT2D eigenvalue weighted by Crippen LogP contribution is -2.25. The van der Waals surface area contributed by atoms with Gasteiger partial charge in [-0.1, -0.05) is 19.9 Å². The standard InChI is InChI=1S/C9H16O2/c1-4-5-6-8(10)9(11)7(2)3/h4,7,9,11H,1,5-6H2,2-3H3. The molecule has 64 valence electrons. The van der Waals surface area contributed by atoms with Crippen molar-refractivity contribution in [3.05, 3.63) is 12.7 Å². The van der Waals surface area contributed by atoms with Crippen LogP contribution in [-0.2, 0) is 4.79 Å². The third-order valence-corrected chi connectivity index (χ3v) is 1.56. The van der Waals surface area contributed by atoms with Crippen molar-refractivity contribution < 1.29 is 9.90 Å². The van der Waals surface area contributed by atoms with E-state index in [-0.39, 0.29) is 11.7 Å². The van der Waals surface area contributed by atoms with Crippen LogP contribution in [0.25, 0.3) is 0 Å². The first-order valence-electron chi connectivity index (χ1n) is 3.91. The molecule has 0 heterocycles. The number of hydrogen-bond donors (Lipinski definition) is 1. The highest BCUT2D eigenvalue weighted by Gasteiger charge is 2.16. The molecule has 11 heavy (non-hydrogen) atoms. The fourth-order valence-electron chi connectivity index (χ4n) is 0.764. The molecule has 0 aliphatic rings. The van der Waals surface area contributed by atoms with E-state index < -0.39 is 6.10 Å². The quantitative estimate of drug-likeness (QED) is 0.613.